The largest absolute Gasteiger partial charge is 0.497 e. The average Bonchev–Trinajstić information content (AvgIpc) is 3.40. The van der Waals surface area contributed by atoms with E-state index in [0.29, 0.717) is 11.1 Å². The summed E-state index contributed by atoms with van der Waals surface area (Å²) in [5.41, 5.74) is 4.37. The van der Waals surface area contributed by atoms with Crippen molar-refractivity contribution in [3.05, 3.63) is 53.6 Å². The zero-order valence-corrected chi connectivity index (χ0v) is 18.3. The number of tetrazole rings is 1. The number of methoxy groups -OCH3 is 1. The summed E-state index contributed by atoms with van der Waals surface area (Å²) in [5.74, 6) is 1.48. The molecule has 2 atom stereocenters. The molecule has 9 heteroatoms. The molecule has 0 aliphatic carbocycles. The van der Waals surface area contributed by atoms with E-state index < -0.39 is 0 Å². The molecule has 0 spiro atoms. The van der Waals surface area contributed by atoms with Gasteiger partial charge in [-0.15, -0.1) is 5.10 Å². The standard InChI is InChI=1S/C22H24N6O2S/c1-14-3-8-19-17(11-14)18-12-23-10-9-20(18)27(19)21(29)13-31-22-24-25-26-28(22)15-4-6-16(30-2)7-5-15/h3-8,11,18,20,23H,9-10,12-13H2,1-2H3. The number of rotatable bonds is 5. The van der Waals surface area contributed by atoms with Crippen molar-refractivity contribution in [1.82, 2.24) is 25.5 Å². The Morgan fingerprint density at radius 2 is 2.10 bits per heavy atom. The summed E-state index contributed by atoms with van der Waals surface area (Å²) in [6.07, 6.45) is 0.957. The highest BCUT2D eigenvalue weighted by molar-refractivity contribution is 7.99. The molecule has 3 aromatic rings. The van der Waals surface area contributed by atoms with Crippen molar-refractivity contribution in [3.8, 4) is 11.4 Å². The van der Waals surface area contributed by atoms with Gasteiger partial charge in [0.2, 0.25) is 11.1 Å². The minimum absolute atomic E-state index is 0.0915. The highest BCUT2D eigenvalue weighted by Crippen LogP contribution is 2.44. The summed E-state index contributed by atoms with van der Waals surface area (Å²) < 4.78 is 6.86. The maximum atomic E-state index is 13.4. The van der Waals surface area contributed by atoms with Crippen LogP contribution in [0.1, 0.15) is 23.5 Å². The van der Waals surface area contributed by atoms with Gasteiger partial charge in [0, 0.05) is 24.2 Å². The maximum absolute atomic E-state index is 13.4. The zero-order valence-electron chi connectivity index (χ0n) is 17.5. The molecule has 160 valence electrons. The molecule has 1 N–H and O–H groups in total. The van der Waals surface area contributed by atoms with Crippen LogP contribution in [-0.2, 0) is 4.79 Å². The van der Waals surface area contributed by atoms with Gasteiger partial charge in [-0.25, -0.2) is 0 Å². The topological polar surface area (TPSA) is 85.2 Å². The van der Waals surface area contributed by atoms with Gasteiger partial charge in [-0.3, -0.25) is 4.79 Å². The Kier molecular flexibility index (Phi) is 5.37. The number of fused-ring (bicyclic) bond motifs is 3. The van der Waals surface area contributed by atoms with E-state index in [9.17, 15) is 4.79 Å². The number of aromatic nitrogens is 4. The van der Waals surface area contributed by atoms with Gasteiger partial charge < -0.3 is 15.0 Å². The fourth-order valence-corrected chi connectivity index (χ4v) is 5.26. The molecule has 1 amide bonds. The number of hydrogen-bond donors (Lipinski definition) is 1. The summed E-state index contributed by atoms with van der Waals surface area (Å²) in [6.45, 7) is 3.94. The lowest BCUT2D eigenvalue weighted by molar-refractivity contribution is -0.116. The lowest BCUT2D eigenvalue weighted by Crippen LogP contribution is -2.47. The van der Waals surface area contributed by atoms with Gasteiger partial charge in [0.05, 0.1) is 18.6 Å². The number of amides is 1. The van der Waals surface area contributed by atoms with E-state index in [0.717, 1.165) is 36.6 Å². The van der Waals surface area contributed by atoms with E-state index in [1.165, 1.54) is 22.9 Å². The number of benzene rings is 2. The van der Waals surface area contributed by atoms with Crippen molar-refractivity contribution in [2.45, 2.75) is 30.5 Å². The molecule has 3 heterocycles. The molecule has 0 saturated carbocycles. The van der Waals surface area contributed by atoms with E-state index >= 15 is 0 Å². The third-order valence-corrected chi connectivity index (χ3v) is 6.87. The van der Waals surface area contributed by atoms with Crippen molar-refractivity contribution in [2.24, 2.45) is 0 Å². The number of nitrogens with zero attached hydrogens (tertiary/aromatic N) is 5. The van der Waals surface area contributed by atoms with Crippen LogP contribution in [0.15, 0.2) is 47.6 Å². The number of thioether (sulfide) groups is 1. The van der Waals surface area contributed by atoms with Gasteiger partial charge >= 0.3 is 0 Å². The summed E-state index contributed by atoms with van der Waals surface area (Å²) in [7, 11) is 1.63. The van der Waals surface area contributed by atoms with Crippen LogP contribution >= 0.6 is 11.8 Å². The number of anilines is 1. The molecule has 1 fully saturated rings. The van der Waals surface area contributed by atoms with Crippen LogP contribution in [0, 0.1) is 6.92 Å². The number of nitrogens with one attached hydrogen (secondary N) is 1. The van der Waals surface area contributed by atoms with Crippen LogP contribution in [0.4, 0.5) is 5.69 Å². The van der Waals surface area contributed by atoms with Crippen LogP contribution in [0.25, 0.3) is 5.69 Å². The van der Waals surface area contributed by atoms with E-state index in [4.69, 9.17) is 4.74 Å². The SMILES string of the molecule is COc1ccc(-n2nnnc2SCC(=O)N2c3ccc(C)cc3C3CNCCC32)cc1. The molecule has 1 saturated heterocycles. The van der Waals surface area contributed by atoms with E-state index in [2.05, 4.69) is 46.0 Å². The fraction of sp³-hybridized carbons (Fsp3) is 0.364. The van der Waals surface area contributed by atoms with Gasteiger partial charge in [-0.2, -0.15) is 4.68 Å². The average molecular weight is 437 g/mol. The zero-order chi connectivity index (χ0) is 21.4. The second-order valence-corrected chi connectivity index (χ2v) is 8.80. The van der Waals surface area contributed by atoms with E-state index in [-0.39, 0.29) is 17.7 Å². The predicted octanol–water partition coefficient (Wildman–Crippen LogP) is 2.56. The van der Waals surface area contributed by atoms with Crippen molar-refractivity contribution in [2.75, 3.05) is 30.9 Å². The van der Waals surface area contributed by atoms with Crippen LogP contribution in [-0.4, -0.2) is 58.1 Å². The molecule has 0 bridgehead atoms. The first-order chi connectivity index (χ1) is 15.2. The number of aryl methyl sites for hydroxylation is 1. The molecule has 2 aliphatic heterocycles. The molecule has 2 unspecified atom stereocenters. The quantitative estimate of drug-likeness (QED) is 0.615. The second-order valence-electron chi connectivity index (χ2n) is 7.85. The second kappa shape index (κ2) is 8.32. The number of piperidine rings is 1. The minimum atomic E-state index is 0.0915. The first kappa shape index (κ1) is 20.0. The molecule has 1 aromatic heterocycles. The molecule has 2 aromatic carbocycles. The lowest BCUT2D eigenvalue weighted by Gasteiger charge is -2.32. The summed E-state index contributed by atoms with van der Waals surface area (Å²) in [4.78, 5) is 15.4. The Morgan fingerprint density at radius 3 is 2.90 bits per heavy atom. The summed E-state index contributed by atoms with van der Waals surface area (Å²) in [5, 5.41) is 16.1. The third kappa shape index (κ3) is 3.68. The first-order valence-corrected chi connectivity index (χ1v) is 11.3. The highest BCUT2D eigenvalue weighted by Gasteiger charge is 2.42. The number of ether oxygens (including phenoxy) is 1. The van der Waals surface area contributed by atoms with Crippen LogP contribution in [0.5, 0.6) is 5.75 Å². The van der Waals surface area contributed by atoms with Crippen LogP contribution in [0.2, 0.25) is 0 Å². The molecule has 31 heavy (non-hydrogen) atoms. The van der Waals surface area contributed by atoms with Gasteiger partial charge in [0.1, 0.15) is 5.75 Å². The van der Waals surface area contributed by atoms with Crippen LogP contribution in [0.3, 0.4) is 0 Å². The molecule has 8 nitrogen and oxygen atoms in total. The molecular weight excluding hydrogens is 412 g/mol. The van der Waals surface area contributed by atoms with Crippen molar-refractivity contribution < 1.29 is 9.53 Å². The van der Waals surface area contributed by atoms with Crippen LogP contribution < -0.4 is 15.0 Å². The van der Waals surface area contributed by atoms with E-state index in [1.54, 1.807) is 11.8 Å². The molecule has 2 aliphatic rings. The number of hydrogen-bond acceptors (Lipinski definition) is 7. The van der Waals surface area contributed by atoms with Gasteiger partial charge in [-0.1, -0.05) is 29.5 Å². The molecular formula is C22H24N6O2S. The van der Waals surface area contributed by atoms with Gasteiger partial charge in [-0.05, 0) is 66.2 Å². The highest BCUT2D eigenvalue weighted by atomic mass is 32.2. The first-order valence-electron chi connectivity index (χ1n) is 10.3. The Balaban J connectivity index is 1.35. The van der Waals surface area contributed by atoms with Crippen molar-refractivity contribution in [1.29, 1.82) is 0 Å². The third-order valence-electron chi connectivity index (χ3n) is 5.97. The van der Waals surface area contributed by atoms with Gasteiger partial charge in [0.25, 0.3) is 0 Å². The summed E-state index contributed by atoms with van der Waals surface area (Å²) in [6, 6.07) is 14.1. The molecule has 5 rings (SSSR count). The van der Waals surface area contributed by atoms with Crippen molar-refractivity contribution >= 4 is 23.4 Å². The Bertz CT molecular complexity index is 1100. The minimum Gasteiger partial charge on any atom is -0.497 e. The number of carbonyl (C=O) groups is 1. The Labute approximate surface area is 185 Å². The summed E-state index contributed by atoms with van der Waals surface area (Å²) >= 11 is 1.36. The van der Waals surface area contributed by atoms with Crippen molar-refractivity contribution in [3.63, 3.8) is 0 Å². The number of carbonyl (C=O) groups excluding carboxylic acids is 1. The van der Waals surface area contributed by atoms with E-state index in [1.807, 2.05) is 29.2 Å². The smallest absolute Gasteiger partial charge is 0.237 e. The normalized spacial score (nSPS) is 19.7. The van der Waals surface area contributed by atoms with Gasteiger partial charge in [0.15, 0.2) is 0 Å². The lowest BCUT2D eigenvalue weighted by atomic mass is 9.89. The Morgan fingerprint density at radius 1 is 1.26 bits per heavy atom. The fourth-order valence-electron chi connectivity index (χ4n) is 4.51. The predicted molar refractivity (Wildman–Crippen MR) is 119 cm³/mol. The maximum Gasteiger partial charge on any atom is 0.237 e. The monoisotopic (exact) mass is 436 g/mol. The Hall–Kier alpha value is -2.91. The molecule has 0 radical (unpaired) electrons.